The van der Waals surface area contributed by atoms with Gasteiger partial charge in [0.05, 0.1) is 26.4 Å². The lowest BCUT2D eigenvalue weighted by Gasteiger charge is -2.10. The third kappa shape index (κ3) is 4.78. The van der Waals surface area contributed by atoms with Crippen LogP contribution in [0.15, 0.2) is 36.4 Å². The van der Waals surface area contributed by atoms with E-state index in [1.807, 2.05) is 36.4 Å². The van der Waals surface area contributed by atoms with Crippen molar-refractivity contribution in [3.8, 4) is 17.2 Å². The monoisotopic (exact) mass is 335 g/mol. The number of nitrogens with one attached hydrogen (secondary N) is 1. The minimum absolute atomic E-state index is 0.631. The number of halogens is 1. The molecule has 23 heavy (non-hydrogen) atoms. The summed E-state index contributed by atoms with van der Waals surface area (Å²) in [6, 6.07) is 11.8. The minimum Gasteiger partial charge on any atom is -0.495 e. The van der Waals surface area contributed by atoms with Gasteiger partial charge >= 0.3 is 0 Å². The fourth-order valence-corrected chi connectivity index (χ4v) is 2.60. The van der Waals surface area contributed by atoms with Gasteiger partial charge in [0.2, 0.25) is 0 Å². The molecule has 4 nitrogen and oxygen atoms in total. The van der Waals surface area contributed by atoms with E-state index in [2.05, 4.69) is 5.32 Å². The maximum atomic E-state index is 6.12. The van der Waals surface area contributed by atoms with Gasteiger partial charge in [-0.25, -0.2) is 0 Å². The Morgan fingerprint density at radius 3 is 2.13 bits per heavy atom. The molecule has 0 aliphatic rings. The van der Waals surface area contributed by atoms with E-state index in [1.165, 1.54) is 5.56 Å². The van der Waals surface area contributed by atoms with E-state index in [0.29, 0.717) is 10.8 Å². The van der Waals surface area contributed by atoms with Gasteiger partial charge in [0, 0.05) is 6.54 Å². The lowest BCUT2D eigenvalue weighted by Crippen LogP contribution is -2.16. The Bertz CT molecular complexity index is 646. The van der Waals surface area contributed by atoms with Crippen molar-refractivity contribution in [1.82, 2.24) is 5.32 Å². The van der Waals surface area contributed by atoms with E-state index in [-0.39, 0.29) is 0 Å². The summed E-state index contributed by atoms with van der Waals surface area (Å²) < 4.78 is 15.7. The van der Waals surface area contributed by atoms with Gasteiger partial charge in [0.15, 0.2) is 11.5 Å². The molecule has 124 valence electrons. The Morgan fingerprint density at radius 2 is 1.48 bits per heavy atom. The molecule has 0 aromatic heterocycles. The van der Waals surface area contributed by atoms with Crippen molar-refractivity contribution in [2.24, 2.45) is 0 Å². The summed E-state index contributed by atoms with van der Waals surface area (Å²) in [4.78, 5) is 0. The average molecular weight is 336 g/mol. The predicted octanol–water partition coefficient (Wildman–Crippen LogP) is 3.70. The van der Waals surface area contributed by atoms with Crippen LogP contribution in [0.3, 0.4) is 0 Å². The molecule has 0 saturated carbocycles. The van der Waals surface area contributed by atoms with E-state index >= 15 is 0 Å². The smallest absolute Gasteiger partial charge is 0.160 e. The molecular formula is C18H22ClNO3. The number of hydrogen-bond donors (Lipinski definition) is 1. The van der Waals surface area contributed by atoms with Gasteiger partial charge in [-0.05, 0) is 48.4 Å². The number of rotatable bonds is 8. The van der Waals surface area contributed by atoms with Crippen molar-refractivity contribution in [3.63, 3.8) is 0 Å². The fraction of sp³-hybridized carbons (Fsp3) is 0.333. The van der Waals surface area contributed by atoms with Crippen molar-refractivity contribution >= 4 is 11.6 Å². The summed E-state index contributed by atoms with van der Waals surface area (Å²) in [5, 5.41) is 4.04. The Balaban J connectivity index is 1.84. The summed E-state index contributed by atoms with van der Waals surface area (Å²) in [6.45, 7) is 1.62. The van der Waals surface area contributed by atoms with Crippen LogP contribution in [0.1, 0.15) is 11.1 Å². The lowest BCUT2D eigenvalue weighted by molar-refractivity contribution is 0.354. The molecule has 0 heterocycles. The van der Waals surface area contributed by atoms with Crippen molar-refractivity contribution in [2.75, 3.05) is 27.9 Å². The molecule has 0 saturated heterocycles. The highest BCUT2D eigenvalue weighted by Crippen LogP contribution is 2.27. The molecule has 5 heteroatoms. The molecule has 0 bridgehead atoms. The van der Waals surface area contributed by atoms with Crippen LogP contribution >= 0.6 is 11.6 Å². The zero-order valence-electron chi connectivity index (χ0n) is 13.7. The highest BCUT2D eigenvalue weighted by atomic mass is 35.5. The third-order valence-electron chi connectivity index (χ3n) is 3.58. The normalized spacial score (nSPS) is 10.4. The molecule has 0 aliphatic heterocycles. The second-order valence-corrected chi connectivity index (χ2v) is 5.49. The van der Waals surface area contributed by atoms with Crippen molar-refractivity contribution in [1.29, 1.82) is 0 Å². The van der Waals surface area contributed by atoms with Crippen LogP contribution in [-0.4, -0.2) is 27.9 Å². The Hall–Kier alpha value is -1.91. The largest absolute Gasteiger partial charge is 0.495 e. The van der Waals surface area contributed by atoms with Gasteiger partial charge in [-0.2, -0.15) is 0 Å². The van der Waals surface area contributed by atoms with Gasteiger partial charge in [0.1, 0.15) is 5.75 Å². The molecule has 2 aromatic carbocycles. The summed E-state index contributed by atoms with van der Waals surface area (Å²) in [7, 11) is 4.90. The van der Waals surface area contributed by atoms with Crippen molar-refractivity contribution in [2.45, 2.75) is 13.0 Å². The highest BCUT2D eigenvalue weighted by Gasteiger charge is 2.05. The molecule has 0 fully saturated rings. The van der Waals surface area contributed by atoms with Gasteiger partial charge in [-0.1, -0.05) is 23.7 Å². The maximum absolute atomic E-state index is 6.12. The van der Waals surface area contributed by atoms with Gasteiger partial charge in [-0.3, -0.25) is 0 Å². The molecule has 0 radical (unpaired) electrons. The highest BCUT2D eigenvalue weighted by molar-refractivity contribution is 6.32. The molecular weight excluding hydrogens is 314 g/mol. The molecule has 0 spiro atoms. The maximum Gasteiger partial charge on any atom is 0.160 e. The predicted molar refractivity (Wildman–Crippen MR) is 93.0 cm³/mol. The van der Waals surface area contributed by atoms with E-state index in [9.17, 15) is 0 Å². The molecule has 2 aromatic rings. The topological polar surface area (TPSA) is 39.7 Å². The van der Waals surface area contributed by atoms with E-state index in [1.54, 1.807) is 21.3 Å². The van der Waals surface area contributed by atoms with Crippen molar-refractivity contribution in [3.05, 3.63) is 52.5 Å². The molecule has 1 N–H and O–H groups in total. The number of benzene rings is 2. The zero-order valence-corrected chi connectivity index (χ0v) is 14.4. The fourth-order valence-electron chi connectivity index (χ4n) is 2.32. The van der Waals surface area contributed by atoms with Crippen molar-refractivity contribution < 1.29 is 14.2 Å². The summed E-state index contributed by atoms with van der Waals surface area (Å²) in [5.41, 5.74) is 2.33. The molecule has 0 atom stereocenters. The zero-order chi connectivity index (χ0) is 16.7. The van der Waals surface area contributed by atoms with Crippen LogP contribution in [0, 0.1) is 0 Å². The van der Waals surface area contributed by atoms with Gasteiger partial charge in [0.25, 0.3) is 0 Å². The van der Waals surface area contributed by atoms with Crippen LogP contribution in [0.4, 0.5) is 0 Å². The Labute approximate surface area is 142 Å². The quantitative estimate of drug-likeness (QED) is 0.747. The summed E-state index contributed by atoms with van der Waals surface area (Å²) in [6.07, 6.45) is 0.907. The van der Waals surface area contributed by atoms with Gasteiger partial charge in [-0.15, -0.1) is 0 Å². The summed E-state index contributed by atoms with van der Waals surface area (Å²) >= 11 is 6.12. The summed E-state index contributed by atoms with van der Waals surface area (Å²) in [5.74, 6) is 2.20. The van der Waals surface area contributed by atoms with Gasteiger partial charge < -0.3 is 19.5 Å². The molecule has 0 unspecified atom stereocenters. The third-order valence-corrected chi connectivity index (χ3v) is 3.88. The Morgan fingerprint density at radius 1 is 0.826 bits per heavy atom. The molecule has 0 amide bonds. The van der Waals surface area contributed by atoms with E-state index in [4.69, 9.17) is 25.8 Å². The van der Waals surface area contributed by atoms with Crippen LogP contribution in [-0.2, 0) is 13.0 Å². The number of ether oxygens (including phenoxy) is 3. The van der Waals surface area contributed by atoms with Crippen LogP contribution in [0.5, 0.6) is 17.2 Å². The van der Waals surface area contributed by atoms with Crippen LogP contribution < -0.4 is 19.5 Å². The first-order chi connectivity index (χ1) is 11.2. The first-order valence-corrected chi connectivity index (χ1v) is 7.79. The minimum atomic E-state index is 0.631. The number of hydrogen-bond acceptors (Lipinski definition) is 4. The van der Waals surface area contributed by atoms with E-state index < -0.39 is 0 Å². The number of methoxy groups -OCH3 is 3. The second-order valence-electron chi connectivity index (χ2n) is 5.09. The second kappa shape index (κ2) is 8.65. The molecule has 2 rings (SSSR count). The molecule has 0 aliphatic carbocycles. The standard InChI is InChI=1S/C18H22ClNO3/c1-21-16-6-5-14(10-15(16)19)12-20-9-8-13-4-7-17(22-2)18(11-13)23-3/h4-7,10-11,20H,8-9,12H2,1-3H3. The first kappa shape index (κ1) is 17.4. The van der Waals surface area contributed by atoms with Crippen LogP contribution in [0.25, 0.3) is 0 Å². The first-order valence-electron chi connectivity index (χ1n) is 7.42. The van der Waals surface area contributed by atoms with E-state index in [0.717, 1.165) is 36.6 Å². The SMILES string of the molecule is COc1ccc(CNCCc2ccc(OC)c(OC)c2)cc1Cl. The van der Waals surface area contributed by atoms with Crippen LogP contribution in [0.2, 0.25) is 5.02 Å². The Kier molecular flexibility index (Phi) is 6.56. The average Bonchev–Trinajstić information content (AvgIpc) is 2.58. The lowest BCUT2D eigenvalue weighted by atomic mass is 10.1.